The van der Waals surface area contributed by atoms with Crippen molar-refractivity contribution < 1.29 is 0 Å². The molecule has 0 amide bonds. The third-order valence-electron chi connectivity index (χ3n) is 5.12. The third-order valence-corrected chi connectivity index (χ3v) is 5.41. The molecule has 0 saturated heterocycles. The SMILES string of the molecule is Cn1c(=O)c2c(nc(Cl)n2CCc2ccccc2)n(CCc2ccccc2)c1=O. The monoisotopic (exact) mass is 408 g/mol. The fraction of sp³-hybridized carbons (Fsp3) is 0.227. The molecular weight excluding hydrogens is 388 g/mol. The Kier molecular flexibility index (Phi) is 5.36. The maximum absolute atomic E-state index is 12.9. The Morgan fingerprint density at radius 3 is 1.90 bits per heavy atom. The molecule has 0 aliphatic carbocycles. The number of aryl methyl sites for hydroxylation is 4. The summed E-state index contributed by atoms with van der Waals surface area (Å²) in [5.41, 5.74) is 2.18. The van der Waals surface area contributed by atoms with Crippen molar-refractivity contribution in [2.45, 2.75) is 25.9 Å². The number of fused-ring (bicyclic) bond motifs is 1. The molecule has 0 bridgehead atoms. The van der Waals surface area contributed by atoms with Crippen LogP contribution >= 0.6 is 11.6 Å². The highest BCUT2D eigenvalue weighted by molar-refractivity contribution is 6.29. The first kappa shape index (κ1) is 19.2. The number of rotatable bonds is 6. The van der Waals surface area contributed by atoms with Crippen LogP contribution in [0.1, 0.15) is 11.1 Å². The van der Waals surface area contributed by atoms with Crippen LogP contribution in [0.5, 0.6) is 0 Å². The van der Waals surface area contributed by atoms with Crippen LogP contribution in [-0.4, -0.2) is 18.7 Å². The van der Waals surface area contributed by atoms with Gasteiger partial charge in [-0.25, -0.2) is 4.79 Å². The topological polar surface area (TPSA) is 61.8 Å². The van der Waals surface area contributed by atoms with Gasteiger partial charge in [0.15, 0.2) is 11.2 Å². The molecule has 2 heterocycles. The molecule has 0 spiro atoms. The smallest absolute Gasteiger partial charge is 0.308 e. The quantitative estimate of drug-likeness (QED) is 0.461. The minimum absolute atomic E-state index is 0.215. The van der Waals surface area contributed by atoms with E-state index in [9.17, 15) is 9.59 Å². The van der Waals surface area contributed by atoms with Gasteiger partial charge in [0.1, 0.15) is 0 Å². The summed E-state index contributed by atoms with van der Waals surface area (Å²) >= 11 is 6.39. The molecule has 0 fully saturated rings. The minimum atomic E-state index is -0.386. The lowest BCUT2D eigenvalue weighted by Crippen LogP contribution is -2.39. The van der Waals surface area contributed by atoms with Crippen LogP contribution in [0.4, 0.5) is 0 Å². The van der Waals surface area contributed by atoms with Gasteiger partial charge in [-0.15, -0.1) is 0 Å². The number of nitrogens with zero attached hydrogens (tertiary/aromatic N) is 4. The van der Waals surface area contributed by atoms with Crippen molar-refractivity contribution in [3.63, 3.8) is 0 Å². The summed E-state index contributed by atoms with van der Waals surface area (Å²) in [7, 11) is 1.49. The Bertz CT molecular complexity index is 1260. The highest BCUT2D eigenvalue weighted by Gasteiger charge is 2.19. The zero-order valence-electron chi connectivity index (χ0n) is 16.1. The average molecular weight is 409 g/mol. The van der Waals surface area contributed by atoms with Crippen LogP contribution in [0.2, 0.25) is 5.28 Å². The molecule has 6 nitrogen and oxygen atoms in total. The summed E-state index contributed by atoms with van der Waals surface area (Å²) in [6.45, 7) is 0.922. The molecule has 0 saturated carbocycles. The zero-order valence-corrected chi connectivity index (χ0v) is 16.8. The normalized spacial score (nSPS) is 11.2. The summed E-state index contributed by atoms with van der Waals surface area (Å²) in [4.78, 5) is 30.0. The van der Waals surface area contributed by atoms with Crippen LogP contribution < -0.4 is 11.2 Å². The number of halogens is 1. The van der Waals surface area contributed by atoms with Crippen LogP contribution in [0.3, 0.4) is 0 Å². The highest BCUT2D eigenvalue weighted by Crippen LogP contribution is 2.17. The van der Waals surface area contributed by atoms with Gasteiger partial charge in [0.05, 0.1) is 0 Å². The number of hydrogen-bond donors (Lipinski definition) is 0. The van der Waals surface area contributed by atoms with Crippen LogP contribution in [0.25, 0.3) is 11.2 Å². The van der Waals surface area contributed by atoms with E-state index in [0.29, 0.717) is 37.1 Å². The molecule has 148 valence electrons. The van der Waals surface area contributed by atoms with Crippen molar-refractivity contribution in [3.05, 3.63) is 97.9 Å². The molecular formula is C22H21ClN4O2. The first-order valence-corrected chi connectivity index (χ1v) is 9.87. The molecule has 7 heteroatoms. The van der Waals surface area contributed by atoms with E-state index in [2.05, 4.69) is 4.98 Å². The van der Waals surface area contributed by atoms with Crippen molar-refractivity contribution in [3.8, 4) is 0 Å². The average Bonchev–Trinajstić information content (AvgIpc) is 3.08. The number of hydrogen-bond acceptors (Lipinski definition) is 3. The molecule has 4 aromatic rings. The Hall–Kier alpha value is -3.12. The molecule has 0 unspecified atom stereocenters. The van der Waals surface area contributed by atoms with E-state index in [1.165, 1.54) is 11.6 Å². The van der Waals surface area contributed by atoms with Crippen molar-refractivity contribution in [2.24, 2.45) is 7.05 Å². The van der Waals surface area contributed by atoms with Gasteiger partial charge in [-0.3, -0.25) is 13.9 Å². The second kappa shape index (κ2) is 8.09. The maximum Gasteiger partial charge on any atom is 0.332 e. The summed E-state index contributed by atoms with van der Waals surface area (Å²) in [6.07, 6.45) is 1.36. The molecule has 0 aliphatic rings. The van der Waals surface area contributed by atoms with E-state index < -0.39 is 0 Å². The van der Waals surface area contributed by atoms with Crippen molar-refractivity contribution >= 4 is 22.8 Å². The van der Waals surface area contributed by atoms with Crippen LogP contribution in [-0.2, 0) is 33.0 Å². The molecule has 29 heavy (non-hydrogen) atoms. The fourth-order valence-electron chi connectivity index (χ4n) is 3.51. The van der Waals surface area contributed by atoms with E-state index in [-0.39, 0.29) is 16.5 Å². The van der Waals surface area contributed by atoms with Gasteiger partial charge in [0.25, 0.3) is 5.56 Å². The third kappa shape index (κ3) is 3.76. The zero-order chi connectivity index (χ0) is 20.4. The first-order chi connectivity index (χ1) is 14.1. The summed E-state index contributed by atoms with van der Waals surface area (Å²) < 4.78 is 4.36. The molecule has 2 aromatic carbocycles. The number of benzene rings is 2. The van der Waals surface area contributed by atoms with Gasteiger partial charge in [-0.1, -0.05) is 60.7 Å². The predicted molar refractivity (Wildman–Crippen MR) is 115 cm³/mol. The highest BCUT2D eigenvalue weighted by atomic mass is 35.5. The fourth-order valence-corrected chi connectivity index (χ4v) is 3.76. The van der Waals surface area contributed by atoms with Gasteiger partial charge < -0.3 is 4.57 Å². The van der Waals surface area contributed by atoms with E-state index in [1.807, 2.05) is 60.7 Å². The van der Waals surface area contributed by atoms with E-state index in [4.69, 9.17) is 11.6 Å². The van der Waals surface area contributed by atoms with Crippen molar-refractivity contribution in [1.82, 2.24) is 18.7 Å². The van der Waals surface area contributed by atoms with Crippen LogP contribution in [0, 0.1) is 0 Å². The molecule has 4 rings (SSSR count). The lowest BCUT2D eigenvalue weighted by Gasteiger charge is -2.10. The standard InChI is InChI=1S/C22H21ClN4O2/c1-25-20(28)18-19(27(22(25)29)15-13-17-10-6-3-7-11-17)24-21(23)26(18)14-12-16-8-4-2-5-9-16/h2-11H,12-15H2,1H3. The maximum atomic E-state index is 12.9. The van der Waals surface area contributed by atoms with Gasteiger partial charge in [0, 0.05) is 20.1 Å². The molecule has 0 aliphatic heterocycles. The second-order valence-corrected chi connectivity index (χ2v) is 7.31. The van der Waals surface area contributed by atoms with Crippen LogP contribution in [0.15, 0.2) is 70.3 Å². The molecule has 0 atom stereocenters. The molecule has 2 aromatic heterocycles. The lowest BCUT2D eigenvalue weighted by molar-refractivity contribution is 0.617. The van der Waals surface area contributed by atoms with E-state index in [0.717, 1.165) is 15.7 Å². The van der Waals surface area contributed by atoms with Gasteiger partial charge >= 0.3 is 5.69 Å². The van der Waals surface area contributed by atoms with Gasteiger partial charge in [0.2, 0.25) is 5.28 Å². The van der Waals surface area contributed by atoms with Crippen molar-refractivity contribution in [2.75, 3.05) is 0 Å². The summed E-state index contributed by atoms with van der Waals surface area (Å²) in [5.74, 6) is 0. The Morgan fingerprint density at radius 2 is 1.34 bits per heavy atom. The Morgan fingerprint density at radius 1 is 0.828 bits per heavy atom. The number of aromatic nitrogens is 4. The van der Waals surface area contributed by atoms with E-state index >= 15 is 0 Å². The Balaban J connectivity index is 1.75. The predicted octanol–water partition coefficient (Wildman–Crippen LogP) is 3.04. The summed E-state index contributed by atoms with van der Waals surface area (Å²) in [6, 6.07) is 19.9. The largest absolute Gasteiger partial charge is 0.332 e. The van der Waals surface area contributed by atoms with Gasteiger partial charge in [-0.05, 0) is 35.6 Å². The number of imidazole rings is 1. The minimum Gasteiger partial charge on any atom is -0.308 e. The Labute approximate surface area is 172 Å². The van der Waals surface area contributed by atoms with Gasteiger partial charge in [-0.2, -0.15) is 4.98 Å². The molecule has 0 N–H and O–H groups in total. The summed E-state index contributed by atoms with van der Waals surface area (Å²) in [5, 5.41) is 0.215. The van der Waals surface area contributed by atoms with E-state index in [1.54, 1.807) is 4.57 Å². The molecule has 0 radical (unpaired) electrons. The first-order valence-electron chi connectivity index (χ1n) is 9.49. The lowest BCUT2D eigenvalue weighted by atomic mass is 10.1. The van der Waals surface area contributed by atoms with Crippen molar-refractivity contribution in [1.29, 1.82) is 0 Å². The second-order valence-electron chi connectivity index (χ2n) is 6.97.